The Morgan fingerprint density at radius 2 is 2.11 bits per heavy atom. The van der Waals surface area contributed by atoms with E-state index < -0.39 is 6.10 Å². The maximum atomic E-state index is 11.5. The van der Waals surface area contributed by atoms with E-state index in [2.05, 4.69) is 5.32 Å². The predicted molar refractivity (Wildman–Crippen MR) is 76.4 cm³/mol. The molecule has 4 heteroatoms. The fourth-order valence-corrected chi connectivity index (χ4v) is 3.07. The minimum Gasteiger partial charge on any atom is -0.384 e. The maximum absolute atomic E-state index is 11.5. The van der Waals surface area contributed by atoms with Crippen LogP contribution >= 0.6 is 11.3 Å². The molecule has 98 valence electrons. The van der Waals surface area contributed by atoms with E-state index in [1.807, 2.05) is 35.0 Å². The van der Waals surface area contributed by atoms with Crippen LogP contribution in [-0.4, -0.2) is 11.0 Å². The van der Waals surface area contributed by atoms with Crippen LogP contribution in [0.25, 0.3) is 0 Å². The van der Waals surface area contributed by atoms with Crippen LogP contribution in [0.4, 0.5) is 5.69 Å². The third kappa shape index (κ3) is 2.55. The summed E-state index contributed by atoms with van der Waals surface area (Å²) in [5, 5.41) is 17.1. The van der Waals surface area contributed by atoms with E-state index in [0.29, 0.717) is 6.42 Å². The van der Waals surface area contributed by atoms with Gasteiger partial charge in [0.15, 0.2) is 0 Å². The van der Waals surface area contributed by atoms with Crippen LogP contribution in [0.15, 0.2) is 35.0 Å². The number of benzene rings is 1. The molecule has 1 aromatic carbocycles. The van der Waals surface area contributed by atoms with E-state index in [4.69, 9.17) is 0 Å². The van der Waals surface area contributed by atoms with E-state index >= 15 is 0 Å². The number of carbonyl (C=O) groups is 1. The average molecular weight is 273 g/mol. The summed E-state index contributed by atoms with van der Waals surface area (Å²) >= 11 is 1.58. The molecule has 3 rings (SSSR count). The van der Waals surface area contributed by atoms with Crippen molar-refractivity contribution in [1.29, 1.82) is 0 Å². The Morgan fingerprint density at radius 1 is 1.21 bits per heavy atom. The molecule has 2 N–H and O–H groups in total. The summed E-state index contributed by atoms with van der Waals surface area (Å²) in [6.45, 7) is 0. The van der Waals surface area contributed by atoms with Crippen LogP contribution < -0.4 is 5.32 Å². The quantitative estimate of drug-likeness (QED) is 0.883. The molecule has 0 radical (unpaired) electrons. The number of anilines is 1. The molecule has 1 aromatic heterocycles. The van der Waals surface area contributed by atoms with Crippen molar-refractivity contribution in [1.82, 2.24) is 0 Å². The van der Waals surface area contributed by atoms with E-state index in [1.54, 1.807) is 11.3 Å². The second-order valence-corrected chi connectivity index (χ2v) is 5.56. The zero-order valence-electron chi connectivity index (χ0n) is 10.4. The first-order chi connectivity index (χ1) is 9.24. The van der Waals surface area contributed by atoms with Crippen LogP contribution in [0, 0.1) is 0 Å². The second kappa shape index (κ2) is 5.15. The van der Waals surface area contributed by atoms with Gasteiger partial charge in [0.25, 0.3) is 0 Å². The summed E-state index contributed by atoms with van der Waals surface area (Å²) in [7, 11) is 0. The summed E-state index contributed by atoms with van der Waals surface area (Å²) in [6, 6.07) is 7.71. The van der Waals surface area contributed by atoms with Crippen molar-refractivity contribution in [2.45, 2.75) is 25.4 Å². The van der Waals surface area contributed by atoms with Gasteiger partial charge in [0.1, 0.15) is 6.10 Å². The summed E-state index contributed by atoms with van der Waals surface area (Å²) in [4.78, 5) is 11.5. The van der Waals surface area contributed by atoms with Gasteiger partial charge in [0.2, 0.25) is 5.91 Å². The number of thiophene rings is 1. The largest absolute Gasteiger partial charge is 0.384 e. The highest BCUT2D eigenvalue weighted by atomic mass is 32.1. The van der Waals surface area contributed by atoms with Gasteiger partial charge in [-0.3, -0.25) is 4.79 Å². The predicted octanol–water partition coefficient (Wildman–Crippen LogP) is 3.10. The van der Waals surface area contributed by atoms with E-state index in [1.165, 1.54) is 0 Å². The Balaban J connectivity index is 1.93. The molecule has 0 saturated heterocycles. The van der Waals surface area contributed by atoms with Crippen molar-refractivity contribution in [2.24, 2.45) is 0 Å². The minimum absolute atomic E-state index is 0.0740. The first-order valence-electron chi connectivity index (χ1n) is 6.37. The Hall–Kier alpha value is -1.65. The van der Waals surface area contributed by atoms with Crippen molar-refractivity contribution in [3.8, 4) is 0 Å². The molecular formula is C15H15NO2S. The van der Waals surface area contributed by atoms with Crippen LogP contribution in [0.5, 0.6) is 0 Å². The third-order valence-electron chi connectivity index (χ3n) is 3.43. The number of amides is 1. The third-order valence-corrected chi connectivity index (χ3v) is 4.13. The highest BCUT2D eigenvalue weighted by Crippen LogP contribution is 2.29. The summed E-state index contributed by atoms with van der Waals surface area (Å²) in [5.41, 5.74) is 3.79. The molecule has 1 unspecified atom stereocenters. The standard InChI is InChI=1S/C15H15NO2S/c17-14-3-1-2-10-8-11(4-5-13(10)16-14)15(18)12-6-7-19-9-12/h4-9,15,18H,1-3H2,(H,16,17). The minimum atomic E-state index is -0.587. The highest BCUT2D eigenvalue weighted by Gasteiger charge is 2.16. The van der Waals surface area contributed by atoms with Crippen LogP contribution in [-0.2, 0) is 11.2 Å². The SMILES string of the molecule is O=C1CCCc2cc(C(O)c3ccsc3)ccc2N1. The van der Waals surface area contributed by atoms with E-state index in [-0.39, 0.29) is 5.91 Å². The van der Waals surface area contributed by atoms with Gasteiger partial charge in [-0.15, -0.1) is 0 Å². The van der Waals surface area contributed by atoms with Crippen LogP contribution in [0.2, 0.25) is 0 Å². The molecule has 2 aromatic rings. The van der Waals surface area contributed by atoms with Gasteiger partial charge in [-0.2, -0.15) is 11.3 Å². The molecule has 1 aliphatic heterocycles. The first kappa shape index (κ1) is 12.4. The second-order valence-electron chi connectivity index (χ2n) is 4.78. The molecule has 1 amide bonds. The zero-order valence-corrected chi connectivity index (χ0v) is 11.2. The van der Waals surface area contributed by atoms with E-state index in [0.717, 1.165) is 35.2 Å². The fourth-order valence-electron chi connectivity index (χ4n) is 2.39. The first-order valence-corrected chi connectivity index (χ1v) is 7.31. The Bertz CT molecular complexity index is 592. The smallest absolute Gasteiger partial charge is 0.224 e. The van der Waals surface area contributed by atoms with Crippen molar-refractivity contribution >= 4 is 22.9 Å². The summed E-state index contributed by atoms with van der Waals surface area (Å²) < 4.78 is 0. The molecule has 3 nitrogen and oxygen atoms in total. The number of nitrogens with one attached hydrogen (secondary N) is 1. The zero-order chi connectivity index (χ0) is 13.2. The molecular weight excluding hydrogens is 258 g/mol. The fraction of sp³-hybridized carbons (Fsp3) is 0.267. The lowest BCUT2D eigenvalue weighted by molar-refractivity contribution is -0.116. The van der Waals surface area contributed by atoms with Gasteiger partial charge in [-0.25, -0.2) is 0 Å². The van der Waals surface area contributed by atoms with Crippen LogP contribution in [0.1, 0.15) is 35.6 Å². The molecule has 1 atom stereocenters. The molecule has 1 aliphatic rings. The van der Waals surface area contributed by atoms with Gasteiger partial charge in [-0.05, 0) is 52.4 Å². The number of aryl methyl sites for hydroxylation is 1. The van der Waals surface area contributed by atoms with Crippen molar-refractivity contribution in [2.75, 3.05) is 5.32 Å². The number of aliphatic hydroxyl groups is 1. The number of carbonyl (C=O) groups excluding carboxylic acids is 1. The molecule has 0 aliphatic carbocycles. The number of rotatable bonds is 2. The Morgan fingerprint density at radius 3 is 2.89 bits per heavy atom. The lowest BCUT2D eigenvalue weighted by Gasteiger charge is -2.13. The number of fused-ring (bicyclic) bond motifs is 1. The van der Waals surface area contributed by atoms with Gasteiger partial charge < -0.3 is 10.4 Å². The molecule has 0 fully saturated rings. The topological polar surface area (TPSA) is 49.3 Å². The van der Waals surface area contributed by atoms with Crippen molar-refractivity contribution in [3.63, 3.8) is 0 Å². The molecule has 2 heterocycles. The highest BCUT2D eigenvalue weighted by molar-refractivity contribution is 7.07. The molecule has 0 saturated carbocycles. The maximum Gasteiger partial charge on any atom is 0.224 e. The number of aliphatic hydroxyl groups excluding tert-OH is 1. The van der Waals surface area contributed by atoms with Crippen molar-refractivity contribution in [3.05, 3.63) is 51.7 Å². The van der Waals surface area contributed by atoms with Crippen molar-refractivity contribution < 1.29 is 9.90 Å². The van der Waals surface area contributed by atoms with Gasteiger partial charge in [0, 0.05) is 12.1 Å². The monoisotopic (exact) mass is 273 g/mol. The summed E-state index contributed by atoms with van der Waals surface area (Å²) in [5.74, 6) is 0.0740. The van der Waals surface area contributed by atoms with Gasteiger partial charge in [-0.1, -0.05) is 12.1 Å². The number of hydrogen-bond donors (Lipinski definition) is 2. The molecule has 0 bridgehead atoms. The molecule has 19 heavy (non-hydrogen) atoms. The normalized spacial score (nSPS) is 16.4. The van der Waals surface area contributed by atoms with E-state index in [9.17, 15) is 9.90 Å². The van der Waals surface area contributed by atoms with Gasteiger partial charge in [0.05, 0.1) is 0 Å². The van der Waals surface area contributed by atoms with Gasteiger partial charge >= 0.3 is 0 Å². The summed E-state index contributed by atoms with van der Waals surface area (Å²) in [6.07, 6.45) is 1.71. The Labute approximate surface area is 115 Å². The molecule has 0 spiro atoms. The number of hydrogen-bond acceptors (Lipinski definition) is 3. The average Bonchev–Trinajstić information content (AvgIpc) is 2.87. The van der Waals surface area contributed by atoms with Crippen LogP contribution in [0.3, 0.4) is 0 Å². The Kier molecular flexibility index (Phi) is 3.36. The lowest BCUT2D eigenvalue weighted by Crippen LogP contribution is -2.09. The lowest BCUT2D eigenvalue weighted by atomic mass is 9.99.